The number of nitrogens with zero attached hydrogens (tertiary/aromatic N) is 1. The fraction of sp³-hybridized carbons (Fsp3) is 0.818. The van der Waals surface area contributed by atoms with Crippen molar-refractivity contribution in [2.75, 3.05) is 20.6 Å². The minimum absolute atomic E-state index is 0.125. The van der Waals surface area contributed by atoms with Gasteiger partial charge in [-0.15, -0.1) is 5.48 Å². The number of hydrogen-bond donors (Lipinski definition) is 1. The SMILES string of the molecule is CN(C)CCCCC(=O)ONC1CCC1=O. The summed E-state index contributed by atoms with van der Waals surface area (Å²) in [6.45, 7) is 0.974. The maximum atomic E-state index is 11.2. The molecular formula is C11H20N2O3. The minimum Gasteiger partial charge on any atom is -0.370 e. The second-order valence-corrected chi connectivity index (χ2v) is 4.41. The van der Waals surface area contributed by atoms with Crippen LogP contribution in [0.3, 0.4) is 0 Å². The van der Waals surface area contributed by atoms with Gasteiger partial charge in [0.2, 0.25) is 0 Å². The van der Waals surface area contributed by atoms with Crippen LogP contribution in [-0.4, -0.2) is 43.3 Å². The molecule has 1 atom stereocenters. The summed E-state index contributed by atoms with van der Waals surface area (Å²) in [5, 5.41) is 0. The molecule has 0 spiro atoms. The lowest BCUT2D eigenvalue weighted by atomic mass is 9.92. The van der Waals surface area contributed by atoms with Crippen LogP contribution < -0.4 is 5.48 Å². The summed E-state index contributed by atoms with van der Waals surface area (Å²) in [6.07, 6.45) is 3.56. The molecule has 1 aliphatic rings. The molecule has 5 heteroatoms. The average molecular weight is 228 g/mol. The van der Waals surface area contributed by atoms with Crippen LogP contribution in [-0.2, 0) is 14.4 Å². The van der Waals surface area contributed by atoms with E-state index in [9.17, 15) is 9.59 Å². The molecule has 1 saturated carbocycles. The van der Waals surface area contributed by atoms with Gasteiger partial charge in [-0.2, -0.15) is 0 Å². The molecule has 16 heavy (non-hydrogen) atoms. The normalized spacial score (nSPS) is 19.7. The van der Waals surface area contributed by atoms with Crippen molar-refractivity contribution in [3.05, 3.63) is 0 Å². The van der Waals surface area contributed by atoms with Gasteiger partial charge >= 0.3 is 5.97 Å². The summed E-state index contributed by atoms with van der Waals surface area (Å²) >= 11 is 0. The molecule has 0 aromatic carbocycles. The summed E-state index contributed by atoms with van der Waals surface area (Å²) < 4.78 is 0. The molecule has 1 N–H and O–H groups in total. The van der Waals surface area contributed by atoms with Crippen molar-refractivity contribution in [1.82, 2.24) is 10.4 Å². The van der Waals surface area contributed by atoms with Gasteiger partial charge in [0.25, 0.3) is 0 Å². The van der Waals surface area contributed by atoms with Gasteiger partial charge in [0, 0.05) is 12.8 Å². The van der Waals surface area contributed by atoms with Crippen LogP contribution in [0.25, 0.3) is 0 Å². The molecule has 5 nitrogen and oxygen atoms in total. The number of hydrogen-bond acceptors (Lipinski definition) is 5. The summed E-state index contributed by atoms with van der Waals surface area (Å²) in [5.41, 5.74) is 2.51. The molecule has 0 aliphatic heterocycles. The van der Waals surface area contributed by atoms with E-state index in [0.29, 0.717) is 12.8 Å². The van der Waals surface area contributed by atoms with E-state index in [1.165, 1.54) is 0 Å². The Morgan fingerprint density at radius 2 is 2.25 bits per heavy atom. The molecule has 0 aromatic heterocycles. The second-order valence-electron chi connectivity index (χ2n) is 4.41. The van der Waals surface area contributed by atoms with E-state index in [2.05, 4.69) is 10.4 Å². The van der Waals surface area contributed by atoms with Crippen molar-refractivity contribution in [3.63, 3.8) is 0 Å². The zero-order valence-electron chi connectivity index (χ0n) is 9.99. The number of ketones is 1. The Bertz CT molecular complexity index is 254. The van der Waals surface area contributed by atoms with Crippen LogP contribution in [0.1, 0.15) is 32.1 Å². The smallest absolute Gasteiger partial charge is 0.324 e. The molecular weight excluding hydrogens is 208 g/mol. The van der Waals surface area contributed by atoms with Crippen molar-refractivity contribution in [2.24, 2.45) is 0 Å². The highest BCUT2D eigenvalue weighted by atomic mass is 16.7. The van der Waals surface area contributed by atoms with Crippen LogP contribution in [0, 0.1) is 0 Å². The highest BCUT2D eigenvalue weighted by Gasteiger charge is 2.28. The monoisotopic (exact) mass is 228 g/mol. The fourth-order valence-electron chi connectivity index (χ4n) is 1.42. The predicted molar refractivity (Wildman–Crippen MR) is 59.7 cm³/mol. The highest BCUT2D eigenvalue weighted by molar-refractivity contribution is 5.89. The Balaban J connectivity index is 1.96. The van der Waals surface area contributed by atoms with Gasteiger partial charge in [0.1, 0.15) is 6.04 Å². The summed E-state index contributed by atoms with van der Waals surface area (Å²) in [6, 6.07) is -0.259. The molecule has 1 aliphatic carbocycles. The van der Waals surface area contributed by atoms with E-state index in [-0.39, 0.29) is 17.8 Å². The summed E-state index contributed by atoms with van der Waals surface area (Å²) in [5.74, 6) is -0.154. The second kappa shape index (κ2) is 6.60. The molecule has 0 amide bonds. The van der Waals surface area contributed by atoms with Gasteiger partial charge in [-0.05, 0) is 39.9 Å². The number of carbonyl (C=O) groups excluding carboxylic acids is 2. The number of unbranched alkanes of at least 4 members (excludes halogenated alkanes) is 1. The average Bonchev–Trinajstić information content (AvgIpc) is 2.22. The Morgan fingerprint density at radius 3 is 2.75 bits per heavy atom. The molecule has 1 fully saturated rings. The number of Topliss-reactive ketones (excluding diaryl/α,β-unsaturated/α-hetero) is 1. The van der Waals surface area contributed by atoms with E-state index in [1.807, 2.05) is 14.1 Å². The van der Waals surface area contributed by atoms with Crippen LogP contribution in [0.15, 0.2) is 0 Å². The van der Waals surface area contributed by atoms with Gasteiger partial charge in [0.15, 0.2) is 5.78 Å². The van der Waals surface area contributed by atoms with Crippen molar-refractivity contribution in [3.8, 4) is 0 Å². The molecule has 0 saturated heterocycles. The summed E-state index contributed by atoms with van der Waals surface area (Å²) in [4.78, 5) is 29.0. The maximum absolute atomic E-state index is 11.2. The Kier molecular flexibility index (Phi) is 5.42. The molecule has 0 bridgehead atoms. The zero-order valence-corrected chi connectivity index (χ0v) is 9.99. The molecule has 1 unspecified atom stereocenters. The number of rotatable bonds is 7. The summed E-state index contributed by atoms with van der Waals surface area (Å²) in [7, 11) is 4.00. The lowest BCUT2D eigenvalue weighted by molar-refractivity contribution is -0.156. The van der Waals surface area contributed by atoms with Gasteiger partial charge in [-0.25, -0.2) is 0 Å². The topological polar surface area (TPSA) is 58.6 Å². The Hall–Kier alpha value is -0.940. The highest BCUT2D eigenvalue weighted by Crippen LogP contribution is 2.13. The van der Waals surface area contributed by atoms with Crippen LogP contribution in [0.2, 0.25) is 0 Å². The van der Waals surface area contributed by atoms with E-state index >= 15 is 0 Å². The number of nitrogens with one attached hydrogen (secondary N) is 1. The third-order valence-corrected chi connectivity index (χ3v) is 2.62. The first-order valence-corrected chi connectivity index (χ1v) is 5.72. The van der Waals surface area contributed by atoms with Crippen LogP contribution in [0.5, 0.6) is 0 Å². The first kappa shape index (κ1) is 13.1. The predicted octanol–water partition coefficient (Wildman–Crippen LogP) is 0.498. The van der Waals surface area contributed by atoms with Crippen molar-refractivity contribution in [2.45, 2.75) is 38.1 Å². The first-order chi connectivity index (χ1) is 7.59. The molecule has 92 valence electrons. The lowest BCUT2D eigenvalue weighted by Gasteiger charge is -2.23. The fourth-order valence-corrected chi connectivity index (χ4v) is 1.42. The molecule has 0 heterocycles. The molecule has 0 radical (unpaired) electrons. The quantitative estimate of drug-likeness (QED) is 0.508. The largest absolute Gasteiger partial charge is 0.370 e. The number of hydroxylamine groups is 1. The maximum Gasteiger partial charge on any atom is 0.324 e. The first-order valence-electron chi connectivity index (χ1n) is 5.72. The lowest BCUT2D eigenvalue weighted by Crippen LogP contribution is -2.45. The van der Waals surface area contributed by atoms with E-state index < -0.39 is 0 Å². The third-order valence-electron chi connectivity index (χ3n) is 2.62. The van der Waals surface area contributed by atoms with E-state index in [1.54, 1.807) is 0 Å². The van der Waals surface area contributed by atoms with Crippen LogP contribution >= 0.6 is 0 Å². The van der Waals surface area contributed by atoms with Crippen molar-refractivity contribution in [1.29, 1.82) is 0 Å². The minimum atomic E-state index is -0.279. The molecule has 0 aromatic rings. The van der Waals surface area contributed by atoms with Gasteiger partial charge < -0.3 is 9.74 Å². The number of carbonyl (C=O) groups is 2. The van der Waals surface area contributed by atoms with Crippen LogP contribution in [0.4, 0.5) is 0 Å². The van der Waals surface area contributed by atoms with Crippen molar-refractivity contribution >= 4 is 11.8 Å². The Morgan fingerprint density at radius 1 is 1.50 bits per heavy atom. The standard InChI is InChI=1S/C11H20N2O3/c1-13(2)8-4-3-5-11(15)16-12-9-6-7-10(9)14/h9,12H,3-8H2,1-2H3. The Labute approximate surface area is 96.1 Å². The zero-order chi connectivity index (χ0) is 12.0. The molecule has 1 rings (SSSR count). The van der Waals surface area contributed by atoms with Gasteiger partial charge in [0.05, 0.1) is 0 Å². The van der Waals surface area contributed by atoms with E-state index in [4.69, 9.17) is 4.84 Å². The third kappa shape index (κ3) is 4.72. The van der Waals surface area contributed by atoms with E-state index in [0.717, 1.165) is 25.8 Å². The van der Waals surface area contributed by atoms with Gasteiger partial charge in [-0.1, -0.05) is 0 Å². The van der Waals surface area contributed by atoms with Gasteiger partial charge in [-0.3, -0.25) is 9.59 Å². The van der Waals surface area contributed by atoms with Crippen molar-refractivity contribution < 1.29 is 14.4 Å².